The van der Waals surface area contributed by atoms with Crippen LogP contribution in [0, 0.1) is 5.82 Å². The molecule has 0 radical (unpaired) electrons. The zero-order valence-electron chi connectivity index (χ0n) is 12.4. The Morgan fingerprint density at radius 2 is 1.91 bits per heavy atom. The molecule has 3 rings (SSSR count). The molecule has 4 heteroatoms. The van der Waals surface area contributed by atoms with Gasteiger partial charge < -0.3 is 10.1 Å². The summed E-state index contributed by atoms with van der Waals surface area (Å²) in [5, 5.41) is 3.12. The fourth-order valence-electron chi connectivity index (χ4n) is 2.84. The number of ether oxygens (including phenoxy) is 1. The van der Waals surface area contributed by atoms with Crippen molar-refractivity contribution in [1.29, 1.82) is 0 Å². The van der Waals surface area contributed by atoms with E-state index >= 15 is 0 Å². The third-order valence-electron chi connectivity index (χ3n) is 4.29. The SMILES string of the molecule is COc1cccc(C(=O)NC2(c3ccc(F)cc3)CCC2)c1. The van der Waals surface area contributed by atoms with E-state index < -0.39 is 0 Å². The van der Waals surface area contributed by atoms with Gasteiger partial charge >= 0.3 is 0 Å². The van der Waals surface area contributed by atoms with E-state index in [4.69, 9.17) is 4.74 Å². The molecule has 1 fully saturated rings. The van der Waals surface area contributed by atoms with E-state index in [1.165, 1.54) is 12.1 Å². The van der Waals surface area contributed by atoms with Crippen molar-refractivity contribution in [1.82, 2.24) is 5.32 Å². The van der Waals surface area contributed by atoms with Crippen LogP contribution in [0.25, 0.3) is 0 Å². The lowest BCUT2D eigenvalue weighted by atomic mass is 9.71. The standard InChI is InChI=1S/C18H18FNO2/c1-22-16-5-2-4-13(12-16)17(21)20-18(10-3-11-18)14-6-8-15(19)9-7-14/h2,4-9,12H,3,10-11H2,1H3,(H,20,21). The minimum Gasteiger partial charge on any atom is -0.497 e. The fraction of sp³-hybridized carbons (Fsp3) is 0.278. The number of amides is 1. The number of carbonyl (C=O) groups is 1. The van der Waals surface area contributed by atoms with E-state index in [0.29, 0.717) is 11.3 Å². The van der Waals surface area contributed by atoms with Crippen molar-refractivity contribution < 1.29 is 13.9 Å². The summed E-state index contributed by atoms with van der Waals surface area (Å²) in [5.74, 6) is 0.248. The molecule has 2 aromatic rings. The average molecular weight is 299 g/mol. The lowest BCUT2D eigenvalue weighted by Gasteiger charge is -2.43. The van der Waals surface area contributed by atoms with Crippen molar-refractivity contribution >= 4 is 5.91 Å². The first kappa shape index (κ1) is 14.6. The van der Waals surface area contributed by atoms with Gasteiger partial charge in [-0.25, -0.2) is 4.39 Å². The average Bonchev–Trinajstić information content (AvgIpc) is 2.52. The molecule has 0 saturated heterocycles. The minimum absolute atomic E-state index is 0.136. The summed E-state index contributed by atoms with van der Waals surface area (Å²) in [5.41, 5.74) is 1.14. The number of hydrogen-bond acceptors (Lipinski definition) is 2. The maximum absolute atomic E-state index is 13.1. The summed E-state index contributed by atoms with van der Waals surface area (Å²) < 4.78 is 18.3. The molecule has 0 heterocycles. The molecule has 1 saturated carbocycles. The van der Waals surface area contributed by atoms with Gasteiger partial charge in [-0.05, 0) is 55.2 Å². The summed E-state index contributed by atoms with van der Waals surface area (Å²) in [4.78, 5) is 12.5. The van der Waals surface area contributed by atoms with Gasteiger partial charge in [0.2, 0.25) is 0 Å². The Balaban J connectivity index is 1.83. The van der Waals surface area contributed by atoms with Gasteiger partial charge in [-0.3, -0.25) is 4.79 Å². The number of nitrogens with one attached hydrogen (secondary N) is 1. The van der Waals surface area contributed by atoms with Crippen LogP contribution in [0.4, 0.5) is 4.39 Å². The van der Waals surface area contributed by atoms with Crippen LogP contribution in [0.3, 0.4) is 0 Å². The molecule has 0 atom stereocenters. The Hall–Kier alpha value is -2.36. The summed E-state index contributed by atoms with van der Waals surface area (Å²) in [7, 11) is 1.57. The number of methoxy groups -OCH3 is 1. The summed E-state index contributed by atoms with van der Waals surface area (Å²) >= 11 is 0. The molecule has 22 heavy (non-hydrogen) atoms. The molecule has 0 spiro atoms. The molecular formula is C18H18FNO2. The third-order valence-corrected chi connectivity index (χ3v) is 4.29. The number of benzene rings is 2. The molecule has 1 aliphatic carbocycles. The van der Waals surface area contributed by atoms with Crippen LogP contribution in [-0.2, 0) is 5.54 Å². The van der Waals surface area contributed by atoms with Crippen molar-refractivity contribution in [2.75, 3.05) is 7.11 Å². The molecule has 114 valence electrons. The highest BCUT2D eigenvalue weighted by Crippen LogP contribution is 2.41. The number of rotatable bonds is 4. The van der Waals surface area contributed by atoms with Crippen LogP contribution in [0.5, 0.6) is 5.75 Å². The summed E-state index contributed by atoms with van der Waals surface area (Å²) in [6.07, 6.45) is 2.79. The van der Waals surface area contributed by atoms with E-state index in [0.717, 1.165) is 24.8 Å². The van der Waals surface area contributed by atoms with Crippen LogP contribution in [0.2, 0.25) is 0 Å². The molecule has 0 aliphatic heterocycles. The van der Waals surface area contributed by atoms with E-state index in [1.54, 1.807) is 43.5 Å². The van der Waals surface area contributed by atoms with Crippen LogP contribution in [-0.4, -0.2) is 13.0 Å². The molecule has 2 aromatic carbocycles. The minimum atomic E-state index is -0.381. The number of hydrogen-bond donors (Lipinski definition) is 1. The third kappa shape index (κ3) is 2.69. The van der Waals surface area contributed by atoms with Crippen molar-refractivity contribution in [3.8, 4) is 5.75 Å². The van der Waals surface area contributed by atoms with Gasteiger partial charge in [-0.2, -0.15) is 0 Å². The van der Waals surface area contributed by atoms with Crippen molar-refractivity contribution in [2.45, 2.75) is 24.8 Å². The second-order valence-corrected chi connectivity index (χ2v) is 5.63. The van der Waals surface area contributed by atoms with Gasteiger partial charge in [0.25, 0.3) is 5.91 Å². The first-order valence-electron chi connectivity index (χ1n) is 7.36. The highest BCUT2D eigenvalue weighted by Gasteiger charge is 2.40. The van der Waals surface area contributed by atoms with Gasteiger partial charge in [-0.1, -0.05) is 18.2 Å². The smallest absolute Gasteiger partial charge is 0.252 e. The second kappa shape index (κ2) is 5.79. The molecule has 1 amide bonds. The van der Waals surface area contributed by atoms with Crippen LogP contribution in [0.15, 0.2) is 48.5 Å². The molecule has 1 aliphatic rings. The highest BCUT2D eigenvalue weighted by atomic mass is 19.1. The van der Waals surface area contributed by atoms with Crippen molar-refractivity contribution in [2.24, 2.45) is 0 Å². The first-order chi connectivity index (χ1) is 10.6. The van der Waals surface area contributed by atoms with Gasteiger partial charge in [0.1, 0.15) is 11.6 Å². The first-order valence-corrected chi connectivity index (χ1v) is 7.36. The molecule has 0 aromatic heterocycles. The topological polar surface area (TPSA) is 38.3 Å². The Labute approximate surface area is 129 Å². The monoisotopic (exact) mass is 299 g/mol. The fourth-order valence-corrected chi connectivity index (χ4v) is 2.84. The quantitative estimate of drug-likeness (QED) is 0.936. The Morgan fingerprint density at radius 3 is 2.50 bits per heavy atom. The summed E-state index contributed by atoms with van der Waals surface area (Å²) in [6.45, 7) is 0. The largest absolute Gasteiger partial charge is 0.497 e. The Morgan fingerprint density at radius 1 is 1.18 bits per heavy atom. The zero-order valence-corrected chi connectivity index (χ0v) is 12.4. The maximum atomic E-state index is 13.1. The number of halogens is 1. The van der Waals surface area contributed by atoms with Crippen molar-refractivity contribution in [3.63, 3.8) is 0 Å². The number of carbonyl (C=O) groups excluding carboxylic acids is 1. The Bertz CT molecular complexity index is 678. The zero-order chi connectivity index (χ0) is 15.6. The predicted octanol–water partition coefficient (Wildman–Crippen LogP) is 3.64. The molecule has 0 unspecified atom stereocenters. The van der Waals surface area contributed by atoms with Gasteiger partial charge in [0, 0.05) is 5.56 Å². The van der Waals surface area contributed by atoms with Gasteiger partial charge in [-0.15, -0.1) is 0 Å². The maximum Gasteiger partial charge on any atom is 0.252 e. The molecule has 3 nitrogen and oxygen atoms in total. The molecular weight excluding hydrogens is 281 g/mol. The van der Waals surface area contributed by atoms with Crippen molar-refractivity contribution in [3.05, 3.63) is 65.5 Å². The van der Waals surface area contributed by atoms with E-state index in [-0.39, 0.29) is 17.3 Å². The lowest BCUT2D eigenvalue weighted by Crippen LogP contribution is -2.50. The normalized spacial score (nSPS) is 15.7. The van der Waals surface area contributed by atoms with Gasteiger partial charge in [0.15, 0.2) is 0 Å². The molecule has 0 bridgehead atoms. The van der Waals surface area contributed by atoms with E-state index in [9.17, 15) is 9.18 Å². The second-order valence-electron chi connectivity index (χ2n) is 5.63. The van der Waals surface area contributed by atoms with Crippen LogP contribution >= 0.6 is 0 Å². The van der Waals surface area contributed by atoms with E-state index in [1.807, 2.05) is 0 Å². The van der Waals surface area contributed by atoms with E-state index in [2.05, 4.69) is 5.32 Å². The predicted molar refractivity (Wildman–Crippen MR) is 82.4 cm³/mol. The van der Waals surface area contributed by atoms with Gasteiger partial charge in [0.05, 0.1) is 12.6 Å². The summed E-state index contributed by atoms with van der Waals surface area (Å²) in [6, 6.07) is 13.4. The lowest BCUT2D eigenvalue weighted by molar-refractivity contribution is 0.0823. The highest BCUT2D eigenvalue weighted by molar-refractivity contribution is 5.95. The van der Waals surface area contributed by atoms with Crippen LogP contribution in [0.1, 0.15) is 35.2 Å². The van der Waals surface area contributed by atoms with Crippen LogP contribution < -0.4 is 10.1 Å². The Kier molecular flexibility index (Phi) is 3.84. The molecule has 1 N–H and O–H groups in total.